The van der Waals surface area contributed by atoms with Gasteiger partial charge in [0.1, 0.15) is 10.7 Å². The second-order valence-electron chi connectivity index (χ2n) is 4.36. The molecule has 0 aromatic heterocycles. The van der Waals surface area contributed by atoms with Crippen LogP contribution in [0.25, 0.3) is 0 Å². The highest BCUT2D eigenvalue weighted by Gasteiger charge is 2.22. The lowest BCUT2D eigenvalue weighted by Gasteiger charge is -2.10. The van der Waals surface area contributed by atoms with Gasteiger partial charge in [-0.2, -0.15) is 0 Å². The standard InChI is InChI=1S/C13H19F2NO4S/c1-2-7-20-8-3-6-16-21(18,19)12-5-4-11(14)10(9-17)13(12)15/h4-5,16-17H,2-3,6-9H2,1H3. The maximum Gasteiger partial charge on any atom is 0.243 e. The summed E-state index contributed by atoms with van der Waals surface area (Å²) in [5.41, 5.74) is -0.663. The molecule has 0 amide bonds. The van der Waals surface area contributed by atoms with Gasteiger partial charge in [-0.05, 0) is 25.0 Å². The lowest BCUT2D eigenvalue weighted by atomic mass is 10.2. The Morgan fingerprint density at radius 1 is 1.29 bits per heavy atom. The van der Waals surface area contributed by atoms with E-state index in [1.165, 1.54) is 0 Å². The summed E-state index contributed by atoms with van der Waals surface area (Å²) in [4.78, 5) is -0.678. The van der Waals surface area contributed by atoms with Gasteiger partial charge >= 0.3 is 0 Å². The fraction of sp³-hybridized carbons (Fsp3) is 0.538. The number of aliphatic hydroxyl groups is 1. The maximum absolute atomic E-state index is 13.9. The van der Waals surface area contributed by atoms with Crippen LogP contribution in [-0.4, -0.2) is 33.3 Å². The van der Waals surface area contributed by atoms with Crippen molar-refractivity contribution in [3.63, 3.8) is 0 Å². The minimum Gasteiger partial charge on any atom is -0.391 e. The van der Waals surface area contributed by atoms with Crippen molar-refractivity contribution in [3.05, 3.63) is 29.3 Å². The fourth-order valence-electron chi connectivity index (χ4n) is 1.63. The largest absolute Gasteiger partial charge is 0.391 e. The number of sulfonamides is 1. The predicted molar refractivity (Wildman–Crippen MR) is 73.2 cm³/mol. The first kappa shape index (κ1) is 18.0. The van der Waals surface area contributed by atoms with Crippen molar-refractivity contribution in [2.24, 2.45) is 0 Å². The Labute approximate surface area is 123 Å². The summed E-state index contributed by atoms with van der Waals surface area (Å²) in [6, 6.07) is 1.65. The van der Waals surface area contributed by atoms with E-state index < -0.39 is 38.7 Å². The third-order valence-corrected chi connectivity index (χ3v) is 4.18. The summed E-state index contributed by atoms with van der Waals surface area (Å²) in [6.07, 6.45) is 1.31. The zero-order valence-corrected chi connectivity index (χ0v) is 12.5. The molecule has 8 heteroatoms. The van der Waals surface area contributed by atoms with E-state index in [0.29, 0.717) is 19.6 Å². The summed E-state index contributed by atoms with van der Waals surface area (Å²) < 4.78 is 58.3. The highest BCUT2D eigenvalue weighted by molar-refractivity contribution is 7.89. The molecule has 0 aliphatic rings. The Kier molecular flexibility index (Phi) is 7.16. The molecule has 5 nitrogen and oxygen atoms in total. The van der Waals surface area contributed by atoms with Crippen LogP contribution in [-0.2, 0) is 21.4 Å². The van der Waals surface area contributed by atoms with Crippen molar-refractivity contribution >= 4 is 10.0 Å². The molecule has 1 aromatic rings. The highest BCUT2D eigenvalue weighted by atomic mass is 32.2. The lowest BCUT2D eigenvalue weighted by Crippen LogP contribution is -2.27. The average Bonchev–Trinajstić information content (AvgIpc) is 2.43. The van der Waals surface area contributed by atoms with Crippen LogP contribution in [0.1, 0.15) is 25.3 Å². The average molecular weight is 323 g/mol. The Morgan fingerprint density at radius 2 is 2.00 bits per heavy atom. The molecular weight excluding hydrogens is 304 g/mol. The molecule has 0 bridgehead atoms. The van der Waals surface area contributed by atoms with Gasteiger partial charge in [0.05, 0.1) is 12.2 Å². The number of benzene rings is 1. The molecule has 0 unspecified atom stereocenters. The van der Waals surface area contributed by atoms with Crippen LogP contribution >= 0.6 is 0 Å². The molecule has 0 saturated heterocycles. The van der Waals surface area contributed by atoms with E-state index in [0.717, 1.165) is 18.6 Å². The van der Waals surface area contributed by atoms with Crippen LogP contribution in [0.15, 0.2) is 17.0 Å². The number of ether oxygens (including phenoxy) is 1. The van der Waals surface area contributed by atoms with Gasteiger partial charge in [0, 0.05) is 19.8 Å². The van der Waals surface area contributed by atoms with E-state index >= 15 is 0 Å². The van der Waals surface area contributed by atoms with Crippen LogP contribution in [0.5, 0.6) is 0 Å². The van der Waals surface area contributed by atoms with Crippen molar-refractivity contribution in [1.82, 2.24) is 4.72 Å². The van der Waals surface area contributed by atoms with Crippen molar-refractivity contribution in [3.8, 4) is 0 Å². The zero-order chi connectivity index (χ0) is 15.9. The first-order valence-corrected chi connectivity index (χ1v) is 8.07. The van der Waals surface area contributed by atoms with Crippen LogP contribution in [0.3, 0.4) is 0 Å². The van der Waals surface area contributed by atoms with Crippen LogP contribution in [0.4, 0.5) is 8.78 Å². The molecule has 2 N–H and O–H groups in total. The molecule has 21 heavy (non-hydrogen) atoms. The lowest BCUT2D eigenvalue weighted by molar-refractivity contribution is 0.133. The van der Waals surface area contributed by atoms with Gasteiger partial charge in [-0.1, -0.05) is 6.92 Å². The number of aliphatic hydroxyl groups excluding tert-OH is 1. The molecule has 0 saturated carbocycles. The molecule has 0 aliphatic carbocycles. The number of hydrogen-bond donors (Lipinski definition) is 2. The quantitative estimate of drug-likeness (QED) is 0.676. The van der Waals surface area contributed by atoms with Crippen LogP contribution < -0.4 is 4.72 Å². The Morgan fingerprint density at radius 3 is 2.62 bits per heavy atom. The number of hydrogen-bond acceptors (Lipinski definition) is 4. The molecule has 0 heterocycles. The van der Waals surface area contributed by atoms with Crippen molar-refractivity contribution in [1.29, 1.82) is 0 Å². The third-order valence-electron chi connectivity index (χ3n) is 2.70. The van der Waals surface area contributed by atoms with E-state index in [-0.39, 0.29) is 6.54 Å². The SMILES string of the molecule is CCCOCCCNS(=O)(=O)c1ccc(F)c(CO)c1F. The zero-order valence-electron chi connectivity index (χ0n) is 11.7. The fourth-order valence-corrected chi connectivity index (χ4v) is 2.81. The molecule has 0 fully saturated rings. The van der Waals surface area contributed by atoms with Gasteiger partial charge in [-0.25, -0.2) is 21.9 Å². The van der Waals surface area contributed by atoms with E-state index in [1.54, 1.807) is 0 Å². The minimum atomic E-state index is -4.09. The van der Waals surface area contributed by atoms with Gasteiger partial charge in [0.25, 0.3) is 0 Å². The predicted octanol–water partition coefficient (Wildman–Crippen LogP) is 1.55. The summed E-state index contributed by atoms with van der Waals surface area (Å²) in [5, 5.41) is 8.87. The van der Waals surface area contributed by atoms with Gasteiger partial charge in [0.15, 0.2) is 5.82 Å². The Balaban J connectivity index is 2.71. The normalized spacial score (nSPS) is 11.8. The van der Waals surface area contributed by atoms with Crippen molar-refractivity contribution in [2.45, 2.75) is 31.3 Å². The topological polar surface area (TPSA) is 75.6 Å². The minimum absolute atomic E-state index is 0.0807. The second-order valence-corrected chi connectivity index (χ2v) is 6.10. The summed E-state index contributed by atoms with van der Waals surface area (Å²) in [5.74, 6) is -2.26. The highest BCUT2D eigenvalue weighted by Crippen LogP contribution is 2.20. The molecule has 0 radical (unpaired) electrons. The third kappa shape index (κ3) is 4.99. The number of nitrogens with one attached hydrogen (secondary N) is 1. The monoisotopic (exact) mass is 323 g/mol. The smallest absolute Gasteiger partial charge is 0.243 e. The molecule has 0 atom stereocenters. The first-order chi connectivity index (χ1) is 9.94. The van der Waals surface area contributed by atoms with E-state index in [1.807, 2.05) is 6.92 Å². The van der Waals surface area contributed by atoms with Gasteiger partial charge < -0.3 is 9.84 Å². The summed E-state index contributed by atoms with van der Waals surface area (Å²) in [7, 11) is -4.09. The molecule has 0 aliphatic heterocycles. The molecular formula is C13H19F2NO4S. The molecule has 1 aromatic carbocycles. The van der Waals surface area contributed by atoms with Crippen LogP contribution in [0, 0.1) is 11.6 Å². The van der Waals surface area contributed by atoms with E-state index in [2.05, 4.69) is 4.72 Å². The van der Waals surface area contributed by atoms with Crippen LogP contribution in [0.2, 0.25) is 0 Å². The molecule has 1 rings (SSSR count). The van der Waals surface area contributed by atoms with Crippen molar-refractivity contribution in [2.75, 3.05) is 19.8 Å². The van der Waals surface area contributed by atoms with E-state index in [4.69, 9.17) is 9.84 Å². The van der Waals surface area contributed by atoms with E-state index in [9.17, 15) is 17.2 Å². The van der Waals surface area contributed by atoms with Gasteiger partial charge in [-0.3, -0.25) is 0 Å². The Hall–Kier alpha value is -1.09. The maximum atomic E-state index is 13.9. The number of rotatable bonds is 9. The first-order valence-electron chi connectivity index (χ1n) is 6.59. The van der Waals surface area contributed by atoms with Crippen molar-refractivity contribution < 1.29 is 27.0 Å². The van der Waals surface area contributed by atoms with Gasteiger partial charge in [-0.15, -0.1) is 0 Å². The summed E-state index contributed by atoms with van der Waals surface area (Å²) in [6.45, 7) is 2.12. The van der Waals surface area contributed by atoms with Gasteiger partial charge in [0.2, 0.25) is 10.0 Å². The molecule has 0 spiro atoms. The second kappa shape index (κ2) is 8.38. The summed E-state index contributed by atoms with van der Waals surface area (Å²) >= 11 is 0. The Bertz CT molecular complexity index is 564. The molecule has 120 valence electrons. The number of halogens is 2.